The third-order valence-electron chi connectivity index (χ3n) is 2.61. The van der Waals surface area contributed by atoms with Crippen molar-refractivity contribution in [1.82, 2.24) is 4.98 Å². The molecule has 0 N–H and O–H groups in total. The molecule has 0 saturated heterocycles. The fraction of sp³-hybridized carbons (Fsp3) is 0.231. The van der Waals surface area contributed by atoms with Crippen LogP contribution in [-0.2, 0) is 0 Å². The van der Waals surface area contributed by atoms with Crippen molar-refractivity contribution in [2.24, 2.45) is 0 Å². The quantitative estimate of drug-likeness (QED) is 0.686. The summed E-state index contributed by atoms with van der Waals surface area (Å²) in [5, 5.41) is 0.704. The molecule has 1 aromatic heterocycles. The largest absolute Gasteiger partial charge is 0.295 e. The lowest BCUT2D eigenvalue weighted by molar-refractivity contribution is 0.101. The molecule has 0 bridgehead atoms. The van der Waals surface area contributed by atoms with E-state index < -0.39 is 5.82 Å². The molecule has 2 aromatic rings. The Bertz CT molecular complexity index is 590. The van der Waals surface area contributed by atoms with Crippen LogP contribution in [0.25, 0.3) is 10.9 Å². The van der Waals surface area contributed by atoms with Gasteiger partial charge in [0.05, 0.1) is 0 Å². The first-order chi connectivity index (χ1) is 7.49. The number of nitrogens with zero attached hydrogens (tertiary/aromatic N) is 1. The summed E-state index contributed by atoms with van der Waals surface area (Å²) in [5.41, 5.74) is 2.44. The molecule has 82 valence electrons. The average Bonchev–Trinajstić information content (AvgIpc) is 2.19. The predicted molar refractivity (Wildman–Crippen MR) is 61.2 cm³/mol. The Labute approximate surface area is 93.1 Å². The molecule has 0 unspecified atom stereocenters. The summed E-state index contributed by atoms with van der Waals surface area (Å²) in [6.07, 6.45) is 0. The molecule has 1 heterocycles. The van der Waals surface area contributed by atoms with Gasteiger partial charge in [-0.05, 0) is 44.5 Å². The number of pyridine rings is 1. The van der Waals surface area contributed by atoms with Crippen molar-refractivity contribution in [2.75, 3.05) is 0 Å². The molecule has 0 saturated carbocycles. The van der Waals surface area contributed by atoms with E-state index in [1.165, 1.54) is 13.0 Å². The van der Waals surface area contributed by atoms with Crippen LogP contribution < -0.4 is 0 Å². The molecule has 0 aliphatic heterocycles. The molecule has 16 heavy (non-hydrogen) atoms. The van der Waals surface area contributed by atoms with Gasteiger partial charge in [0, 0.05) is 16.6 Å². The van der Waals surface area contributed by atoms with Crippen LogP contribution in [0.15, 0.2) is 18.2 Å². The van der Waals surface area contributed by atoms with Crippen molar-refractivity contribution in [2.45, 2.75) is 20.8 Å². The summed E-state index contributed by atoms with van der Waals surface area (Å²) in [6.45, 7) is 5.14. The van der Waals surface area contributed by atoms with Crippen LogP contribution in [0.4, 0.5) is 4.39 Å². The minimum absolute atomic E-state index is 0.138. The Morgan fingerprint density at radius 1 is 1.25 bits per heavy atom. The van der Waals surface area contributed by atoms with Crippen LogP contribution in [0.3, 0.4) is 0 Å². The number of Topliss-reactive ketones (excluding diaryl/α,β-unsaturated/α-hetero) is 1. The number of halogens is 1. The van der Waals surface area contributed by atoms with Gasteiger partial charge in [-0.15, -0.1) is 0 Å². The molecule has 2 nitrogen and oxygen atoms in total. The Hall–Kier alpha value is -1.77. The Balaban J connectivity index is 2.87. The van der Waals surface area contributed by atoms with Gasteiger partial charge in [-0.3, -0.25) is 9.78 Å². The number of rotatable bonds is 1. The Morgan fingerprint density at radius 3 is 2.56 bits per heavy atom. The third-order valence-corrected chi connectivity index (χ3v) is 2.61. The van der Waals surface area contributed by atoms with E-state index in [-0.39, 0.29) is 5.78 Å². The summed E-state index contributed by atoms with van der Waals surface area (Å²) >= 11 is 0. The molecule has 3 heteroatoms. The van der Waals surface area contributed by atoms with E-state index in [2.05, 4.69) is 4.98 Å². The van der Waals surface area contributed by atoms with E-state index in [1.807, 2.05) is 19.9 Å². The van der Waals surface area contributed by atoms with E-state index in [4.69, 9.17) is 0 Å². The molecule has 0 aliphatic carbocycles. The second kappa shape index (κ2) is 3.67. The van der Waals surface area contributed by atoms with Crippen molar-refractivity contribution >= 4 is 16.7 Å². The summed E-state index contributed by atoms with van der Waals surface area (Å²) in [6, 6.07) is 4.82. The highest BCUT2D eigenvalue weighted by molar-refractivity contribution is 5.98. The van der Waals surface area contributed by atoms with Crippen molar-refractivity contribution in [3.05, 3.63) is 40.8 Å². The van der Waals surface area contributed by atoms with Crippen LogP contribution in [0.2, 0.25) is 0 Å². The fourth-order valence-corrected chi connectivity index (χ4v) is 1.82. The third kappa shape index (κ3) is 1.69. The van der Waals surface area contributed by atoms with Crippen molar-refractivity contribution in [1.29, 1.82) is 0 Å². The maximum Gasteiger partial charge on any atom is 0.159 e. The highest BCUT2D eigenvalue weighted by atomic mass is 19.1. The highest BCUT2D eigenvalue weighted by Crippen LogP contribution is 2.22. The number of aromatic nitrogens is 1. The SMILES string of the molecule is CC(=O)c1cc(F)c2nc(C)cc(C)c2c1. The molecule has 0 amide bonds. The number of carbonyl (C=O) groups is 1. The molecule has 0 spiro atoms. The van der Waals surface area contributed by atoms with E-state index in [9.17, 15) is 9.18 Å². The van der Waals surface area contributed by atoms with Crippen LogP contribution in [0.1, 0.15) is 28.5 Å². The average molecular weight is 217 g/mol. The molecule has 0 radical (unpaired) electrons. The first-order valence-electron chi connectivity index (χ1n) is 5.07. The van der Waals surface area contributed by atoms with Gasteiger partial charge in [0.2, 0.25) is 0 Å². The van der Waals surface area contributed by atoms with Gasteiger partial charge in [-0.1, -0.05) is 0 Å². The van der Waals surface area contributed by atoms with Crippen molar-refractivity contribution < 1.29 is 9.18 Å². The topological polar surface area (TPSA) is 30.0 Å². The van der Waals surface area contributed by atoms with Gasteiger partial charge < -0.3 is 0 Å². The van der Waals surface area contributed by atoms with Crippen molar-refractivity contribution in [3.63, 3.8) is 0 Å². The zero-order chi connectivity index (χ0) is 11.9. The minimum Gasteiger partial charge on any atom is -0.295 e. The van der Waals surface area contributed by atoms with Gasteiger partial charge in [-0.2, -0.15) is 0 Å². The normalized spacial score (nSPS) is 10.8. The lowest BCUT2D eigenvalue weighted by Crippen LogP contribution is -1.97. The van der Waals surface area contributed by atoms with Crippen molar-refractivity contribution in [3.8, 4) is 0 Å². The number of benzene rings is 1. The molecule has 2 rings (SSSR count). The molecule has 0 aliphatic rings. The van der Waals surface area contributed by atoms with Gasteiger partial charge >= 0.3 is 0 Å². The first-order valence-corrected chi connectivity index (χ1v) is 5.07. The Morgan fingerprint density at radius 2 is 1.94 bits per heavy atom. The molecular formula is C13H12FNO. The zero-order valence-electron chi connectivity index (χ0n) is 9.47. The smallest absolute Gasteiger partial charge is 0.159 e. The van der Waals surface area contributed by atoms with Crippen LogP contribution in [0, 0.1) is 19.7 Å². The number of carbonyl (C=O) groups excluding carboxylic acids is 1. The highest BCUT2D eigenvalue weighted by Gasteiger charge is 2.10. The van der Waals surface area contributed by atoms with Crippen LogP contribution in [0.5, 0.6) is 0 Å². The minimum atomic E-state index is -0.436. The number of fused-ring (bicyclic) bond motifs is 1. The Kier molecular flexibility index (Phi) is 2.46. The van der Waals surface area contributed by atoms with E-state index in [0.29, 0.717) is 16.5 Å². The van der Waals surface area contributed by atoms with Gasteiger partial charge in [-0.25, -0.2) is 4.39 Å². The maximum atomic E-state index is 13.8. The zero-order valence-corrected chi connectivity index (χ0v) is 9.47. The molecule has 1 aromatic carbocycles. The monoisotopic (exact) mass is 217 g/mol. The second-order valence-corrected chi connectivity index (χ2v) is 3.99. The van der Waals surface area contributed by atoms with E-state index in [1.54, 1.807) is 6.07 Å². The molecule has 0 fully saturated rings. The van der Waals surface area contributed by atoms with E-state index >= 15 is 0 Å². The molecular weight excluding hydrogens is 205 g/mol. The molecule has 0 atom stereocenters. The number of hydrogen-bond acceptors (Lipinski definition) is 2. The van der Waals surface area contributed by atoms with Gasteiger partial charge in [0.25, 0.3) is 0 Å². The lowest BCUT2D eigenvalue weighted by atomic mass is 10.0. The van der Waals surface area contributed by atoms with Crippen LogP contribution >= 0.6 is 0 Å². The predicted octanol–water partition coefficient (Wildman–Crippen LogP) is 3.19. The number of aryl methyl sites for hydroxylation is 2. The van der Waals surface area contributed by atoms with Crippen LogP contribution in [-0.4, -0.2) is 10.8 Å². The summed E-state index contributed by atoms with van der Waals surface area (Å²) in [4.78, 5) is 15.4. The summed E-state index contributed by atoms with van der Waals surface area (Å²) in [5.74, 6) is -0.574. The van der Waals surface area contributed by atoms with Gasteiger partial charge in [0.1, 0.15) is 11.3 Å². The summed E-state index contributed by atoms with van der Waals surface area (Å²) < 4.78 is 13.8. The summed E-state index contributed by atoms with van der Waals surface area (Å²) in [7, 11) is 0. The lowest BCUT2D eigenvalue weighted by Gasteiger charge is -2.06. The number of hydrogen-bond donors (Lipinski definition) is 0. The standard InChI is InChI=1S/C13H12FNO/c1-7-4-8(2)15-13-11(7)5-10(9(3)16)6-12(13)14/h4-6H,1-3H3. The van der Waals surface area contributed by atoms with Gasteiger partial charge in [0.15, 0.2) is 5.78 Å². The first kappa shape index (κ1) is 10.7. The maximum absolute atomic E-state index is 13.8. The number of ketones is 1. The second-order valence-electron chi connectivity index (χ2n) is 3.99. The fourth-order valence-electron chi connectivity index (χ4n) is 1.82. The van der Waals surface area contributed by atoms with E-state index in [0.717, 1.165) is 11.3 Å².